The smallest absolute Gasteiger partial charge is 0.311 e. The van der Waals surface area contributed by atoms with Gasteiger partial charge in [-0.2, -0.15) is 0 Å². The highest BCUT2D eigenvalue weighted by Gasteiger charge is 2.32. The van der Waals surface area contributed by atoms with Crippen LogP contribution in [0.2, 0.25) is 0 Å². The Kier molecular flexibility index (Phi) is 4.93. The molecule has 0 spiro atoms. The SMILES string of the molecule is O=[N+]([O-])c1cncc(Br)c1NCC1(CO)CCCCC1. The fourth-order valence-corrected chi connectivity index (χ4v) is 3.17. The molecule has 110 valence electrons. The normalized spacial score (nSPS) is 17.7. The second kappa shape index (κ2) is 6.49. The van der Waals surface area contributed by atoms with Crippen LogP contribution in [-0.2, 0) is 0 Å². The van der Waals surface area contributed by atoms with Gasteiger partial charge in [-0.25, -0.2) is 0 Å². The number of nitrogens with zero attached hydrogens (tertiary/aromatic N) is 2. The number of hydrogen-bond donors (Lipinski definition) is 2. The van der Waals surface area contributed by atoms with Crippen LogP contribution in [-0.4, -0.2) is 28.2 Å². The highest BCUT2D eigenvalue weighted by Crippen LogP contribution is 2.38. The Morgan fingerprint density at radius 1 is 1.40 bits per heavy atom. The summed E-state index contributed by atoms with van der Waals surface area (Å²) in [6.45, 7) is 0.642. The van der Waals surface area contributed by atoms with E-state index in [2.05, 4.69) is 26.2 Å². The summed E-state index contributed by atoms with van der Waals surface area (Å²) in [6.07, 6.45) is 8.06. The third kappa shape index (κ3) is 3.27. The molecule has 0 atom stereocenters. The number of aliphatic hydroxyl groups is 1. The highest BCUT2D eigenvalue weighted by atomic mass is 79.9. The molecule has 0 unspecified atom stereocenters. The van der Waals surface area contributed by atoms with Gasteiger partial charge in [0.1, 0.15) is 11.9 Å². The maximum absolute atomic E-state index is 11.0. The van der Waals surface area contributed by atoms with Crippen LogP contribution in [0, 0.1) is 15.5 Å². The van der Waals surface area contributed by atoms with Gasteiger partial charge in [0.25, 0.3) is 0 Å². The van der Waals surface area contributed by atoms with Crippen LogP contribution < -0.4 is 5.32 Å². The van der Waals surface area contributed by atoms with E-state index < -0.39 is 4.92 Å². The molecule has 1 aromatic rings. The van der Waals surface area contributed by atoms with Crippen molar-refractivity contribution >= 4 is 27.3 Å². The summed E-state index contributed by atoms with van der Waals surface area (Å²) in [4.78, 5) is 14.4. The third-order valence-corrected chi connectivity index (χ3v) is 4.57. The average Bonchev–Trinajstić information content (AvgIpc) is 2.46. The Balaban J connectivity index is 2.15. The van der Waals surface area contributed by atoms with Gasteiger partial charge in [-0.05, 0) is 28.8 Å². The molecule has 1 heterocycles. The molecule has 2 N–H and O–H groups in total. The average molecular weight is 344 g/mol. The lowest BCUT2D eigenvalue weighted by Gasteiger charge is -2.36. The van der Waals surface area contributed by atoms with E-state index in [0.29, 0.717) is 16.7 Å². The Morgan fingerprint density at radius 2 is 2.10 bits per heavy atom. The second-order valence-electron chi connectivity index (χ2n) is 5.34. The van der Waals surface area contributed by atoms with Crippen molar-refractivity contribution in [1.29, 1.82) is 0 Å². The molecular formula is C13H18BrN3O3. The molecule has 6 nitrogen and oxygen atoms in total. The molecule has 0 amide bonds. The molecule has 1 saturated carbocycles. The Labute approximate surface area is 125 Å². The van der Waals surface area contributed by atoms with Crippen LogP contribution in [0.5, 0.6) is 0 Å². The first-order chi connectivity index (χ1) is 9.58. The summed E-state index contributed by atoms with van der Waals surface area (Å²) in [5.41, 5.74) is 0.209. The van der Waals surface area contributed by atoms with Gasteiger partial charge < -0.3 is 10.4 Å². The van der Waals surface area contributed by atoms with E-state index in [1.165, 1.54) is 18.8 Å². The van der Waals surface area contributed by atoms with Crippen LogP contribution in [0.25, 0.3) is 0 Å². The van der Waals surface area contributed by atoms with E-state index in [-0.39, 0.29) is 17.7 Å². The first-order valence-corrected chi connectivity index (χ1v) is 7.50. The fourth-order valence-electron chi connectivity index (χ4n) is 2.71. The quantitative estimate of drug-likeness (QED) is 0.633. The van der Waals surface area contributed by atoms with Crippen molar-refractivity contribution < 1.29 is 10.0 Å². The zero-order chi connectivity index (χ0) is 14.6. The number of rotatable bonds is 5. The van der Waals surface area contributed by atoms with Crippen molar-refractivity contribution in [3.63, 3.8) is 0 Å². The van der Waals surface area contributed by atoms with Crippen molar-refractivity contribution in [3.05, 3.63) is 27.0 Å². The fraction of sp³-hybridized carbons (Fsp3) is 0.615. The van der Waals surface area contributed by atoms with E-state index in [1.54, 1.807) is 0 Å². The largest absolute Gasteiger partial charge is 0.396 e. The third-order valence-electron chi connectivity index (χ3n) is 3.97. The minimum atomic E-state index is -0.452. The van der Waals surface area contributed by atoms with Crippen LogP contribution in [0.4, 0.5) is 11.4 Å². The number of anilines is 1. The van der Waals surface area contributed by atoms with Gasteiger partial charge in [-0.1, -0.05) is 19.3 Å². The molecule has 1 aliphatic carbocycles. The molecular weight excluding hydrogens is 326 g/mol. The number of pyridine rings is 1. The van der Waals surface area contributed by atoms with Gasteiger partial charge in [0.05, 0.1) is 16.0 Å². The Bertz CT molecular complexity index is 490. The molecule has 0 radical (unpaired) electrons. The van der Waals surface area contributed by atoms with Crippen molar-refractivity contribution in [1.82, 2.24) is 4.98 Å². The molecule has 0 saturated heterocycles. The first-order valence-electron chi connectivity index (χ1n) is 6.71. The number of hydrogen-bond acceptors (Lipinski definition) is 5. The molecule has 20 heavy (non-hydrogen) atoms. The van der Waals surface area contributed by atoms with Crippen LogP contribution in [0.15, 0.2) is 16.9 Å². The number of aliphatic hydroxyl groups excluding tert-OH is 1. The molecule has 2 rings (SSSR count). The molecule has 1 fully saturated rings. The molecule has 0 bridgehead atoms. The van der Waals surface area contributed by atoms with Crippen molar-refractivity contribution in [3.8, 4) is 0 Å². The molecule has 1 aliphatic rings. The number of nitrogens with one attached hydrogen (secondary N) is 1. The number of halogens is 1. The maximum Gasteiger partial charge on any atom is 0.311 e. The minimum absolute atomic E-state index is 0.0525. The van der Waals surface area contributed by atoms with Gasteiger partial charge in [0.15, 0.2) is 0 Å². The number of aromatic nitrogens is 1. The molecule has 0 aliphatic heterocycles. The predicted molar refractivity (Wildman–Crippen MR) is 79.7 cm³/mol. The summed E-state index contributed by atoms with van der Waals surface area (Å²) < 4.78 is 0.565. The predicted octanol–water partition coefficient (Wildman–Crippen LogP) is 3.11. The Hall–Kier alpha value is -1.21. The first kappa shape index (κ1) is 15.2. The van der Waals surface area contributed by atoms with Crippen LogP contribution >= 0.6 is 15.9 Å². The molecule has 0 aromatic carbocycles. The van der Waals surface area contributed by atoms with E-state index in [0.717, 1.165) is 25.7 Å². The van der Waals surface area contributed by atoms with Crippen LogP contribution in [0.3, 0.4) is 0 Å². The standard InChI is InChI=1S/C13H18BrN3O3/c14-10-6-15-7-11(17(19)20)12(10)16-8-13(9-18)4-2-1-3-5-13/h6-7,18H,1-5,8-9H2,(H,15,16). The van der Waals surface area contributed by atoms with Gasteiger partial charge >= 0.3 is 5.69 Å². The van der Waals surface area contributed by atoms with Crippen molar-refractivity contribution in [2.75, 3.05) is 18.5 Å². The second-order valence-corrected chi connectivity index (χ2v) is 6.20. The van der Waals surface area contributed by atoms with Crippen LogP contribution in [0.1, 0.15) is 32.1 Å². The summed E-state index contributed by atoms with van der Waals surface area (Å²) in [7, 11) is 0. The molecule has 7 heteroatoms. The van der Waals surface area contributed by atoms with E-state index in [4.69, 9.17) is 0 Å². The van der Waals surface area contributed by atoms with Gasteiger partial charge in [-0.15, -0.1) is 0 Å². The summed E-state index contributed by atoms with van der Waals surface area (Å²) in [5, 5.41) is 23.8. The lowest BCUT2D eigenvalue weighted by molar-refractivity contribution is -0.384. The maximum atomic E-state index is 11.0. The van der Waals surface area contributed by atoms with Gasteiger partial charge in [-0.3, -0.25) is 15.1 Å². The number of nitro groups is 1. The van der Waals surface area contributed by atoms with Gasteiger partial charge in [0.2, 0.25) is 0 Å². The highest BCUT2D eigenvalue weighted by molar-refractivity contribution is 9.10. The van der Waals surface area contributed by atoms with Crippen molar-refractivity contribution in [2.24, 2.45) is 5.41 Å². The topological polar surface area (TPSA) is 88.3 Å². The van der Waals surface area contributed by atoms with E-state index in [9.17, 15) is 15.2 Å². The zero-order valence-corrected chi connectivity index (χ0v) is 12.7. The summed E-state index contributed by atoms with van der Waals surface area (Å²) in [5.74, 6) is 0. The Morgan fingerprint density at radius 3 is 2.70 bits per heavy atom. The van der Waals surface area contributed by atoms with Crippen molar-refractivity contribution in [2.45, 2.75) is 32.1 Å². The molecule has 1 aromatic heterocycles. The monoisotopic (exact) mass is 343 g/mol. The zero-order valence-electron chi connectivity index (χ0n) is 11.1. The lowest BCUT2D eigenvalue weighted by Crippen LogP contribution is -2.35. The summed E-state index contributed by atoms with van der Waals surface area (Å²) >= 11 is 3.29. The van der Waals surface area contributed by atoms with E-state index in [1.807, 2.05) is 0 Å². The van der Waals surface area contributed by atoms with E-state index >= 15 is 0 Å². The lowest BCUT2D eigenvalue weighted by atomic mass is 9.74. The summed E-state index contributed by atoms with van der Waals surface area (Å²) in [6, 6.07) is 0. The minimum Gasteiger partial charge on any atom is -0.396 e. The van der Waals surface area contributed by atoms with Gasteiger partial charge in [0, 0.05) is 18.2 Å².